The average Bonchev–Trinajstić information content (AvgIpc) is 3.22. The third kappa shape index (κ3) is 5.48. The molecule has 1 aromatic heterocycles. The lowest BCUT2D eigenvalue weighted by Crippen LogP contribution is -2.37. The van der Waals surface area contributed by atoms with Crippen LogP contribution in [-0.2, 0) is 11.8 Å². The molecule has 176 valence electrons. The lowest BCUT2D eigenvalue weighted by Gasteiger charge is -2.29. The molecular formula is C26H33N3O4. The van der Waals surface area contributed by atoms with Gasteiger partial charge in [-0.1, -0.05) is 19.9 Å². The van der Waals surface area contributed by atoms with E-state index in [9.17, 15) is 4.79 Å². The van der Waals surface area contributed by atoms with Crippen molar-refractivity contribution in [2.75, 3.05) is 25.7 Å². The molecule has 2 aromatic carbocycles. The van der Waals surface area contributed by atoms with E-state index in [1.807, 2.05) is 50.5 Å². The number of aryl methyl sites for hydroxylation is 2. The number of ether oxygens (including phenoxy) is 3. The topological polar surface area (TPSA) is 65.8 Å². The molecule has 0 saturated carbocycles. The van der Waals surface area contributed by atoms with E-state index < -0.39 is 0 Å². The normalized spacial score (nSPS) is 11.9. The zero-order valence-electron chi connectivity index (χ0n) is 20.5. The average molecular weight is 452 g/mol. The standard InChI is InChI=1S/C26H33N3O4/c1-17(2)23-10-8-22(12-18(23)3)33-16-26(30)29(20-14-27-28(5)15-20)19(4)24-13-21(31-6)9-11-25(24)32-7/h8-15,17,19H,16H2,1-7H3/t19-/m1/s1. The van der Waals surface area contributed by atoms with E-state index in [2.05, 4.69) is 31.9 Å². The largest absolute Gasteiger partial charge is 0.497 e. The molecule has 0 aliphatic rings. The number of hydrogen-bond donors (Lipinski definition) is 0. The Morgan fingerprint density at radius 2 is 1.76 bits per heavy atom. The van der Waals surface area contributed by atoms with E-state index in [-0.39, 0.29) is 18.6 Å². The molecular weight excluding hydrogens is 418 g/mol. The van der Waals surface area contributed by atoms with Crippen LogP contribution >= 0.6 is 0 Å². The molecule has 1 heterocycles. The Morgan fingerprint density at radius 3 is 2.33 bits per heavy atom. The number of nitrogens with zero attached hydrogens (tertiary/aromatic N) is 3. The van der Waals surface area contributed by atoms with Gasteiger partial charge in [0, 0.05) is 18.8 Å². The summed E-state index contributed by atoms with van der Waals surface area (Å²) >= 11 is 0. The number of carbonyl (C=O) groups excluding carboxylic acids is 1. The molecule has 3 rings (SSSR count). The summed E-state index contributed by atoms with van der Waals surface area (Å²) in [6.07, 6.45) is 3.48. The van der Waals surface area contributed by atoms with Crippen LogP contribution in [0.25, 0.3) is 0 Å². The smallest absolute Gasteiger partial charge is 0.265 e. The van der Waals surface area contributed by atoms with Crippen molar-refractivity contribution in [1.82, 2.24) is 9.78 Å². The van der Waals surface area contributed by atoms with Gasteiger partial charge in [-0.15, -0.1) is 0 Å². The predicted molar refractivity (Wildman–Crippen MR) is 129 cm³/mol. The van der Waals surface area contributed by atoms with Gasteiger partial charge in [0.2, 0.25) is 0 Å². The SMILES string of the molecule is COc1ccc(OC)c([C@@H](C)N(C(=O)COc2ccc(C(C)C)c(C)c2)c2cnn(C)c2)c1. The fraction of sp³-hybridized carbons (Fsp3) is 0.385. The van der Waals surface area contributed by atoms with Crippen molar-refractivity contribution in [2.24, 2.45) is 7.05 Å². The molecule has 7 nitrogen and oxygen atoms in total. The number of carbonyl (C=O) groups is 1. The monoisotopic (exact) mass is 451 g/mol. The minimum atomic E-state index is -0.347. The highest BCUT2D eigenvalue weighted by atomic mass is 16.5. The van der Waals surface area contributed by atoms with Crippen molar-refractivity contribution in [3.05, 3.63) is 65.5 Å². The molecule has 0 aliphatic carbocycles. The first-order chi connectivity index (χ1) is 15.7. The maximum atomic E-state index is 13.4. The predicted octanol–water partition coefficient (Wildman–Crippen LogP) is 5.04. The maximum Gasteiger partial charge on any atom is 0.265 e. The van der Waals surface area contributed by atoms with Crippen molar-refractivity contribution >= 4 is 11.6 Å². The second-order valence-corrected chi connectivity index (χ2v) is 8.38. The number of benzene rings is 2. The quantitative estimate of drug-likeness (QED) is 0.456. The highest BCUT2D eigenvalue weighted by Gasteiger charge is 2.27. The summed E-state index contributed by atoms with van der Waals surface area (Å²) in [6, 6.07) is 11.2. The van der Waals surface area contributed by atoms with E-state index >= 15 is 0 Å². The molecule has 1 atom stereocenters. The van der Waals surface area contributed by atoms with Crippen LogP contribution in [0.15, 0.2) is 48.8 Å². The van der Waals surface area contributed by atoms with Crippen molar-refractivity contribution in [3.63, 3.8) is 0 Å². The summed E-state index contributed by atoms with van der Waals surface area (Å²) in [5, 5.41) is 4.25. The summed E-state index contributed by atoms with van der Waals surface area (Å²) in [5.41, 5.74) is 3.92. The minimum Gasteiger partial charge on any atom is -0.497 e. The molecule has 0 saturated heterocycles. The number of anilines is 1. The van der Waals surface area contributed by atoms with Gasteiger partial charge in [-0.25, -0.2) is 0 Å². The molecule has 3 aromatic rings. The van der Waals surface area contributed by atoms with Gasteiger partial charge < -0.3 is 14.2 Å². The van der Waals surface area contributed by atoms with Crippen LogP contribution in [0.2, 0.25) is 0 Å². The van der Waals surface area contributed by atoms with Crippen molar-refractivity contribution in [1.29, 1.82) is 0 Å². The number of hydrogen-bond acceptors (Lipinski definition) is 5. The van der Waals surface area contributed by atoms with Crippen LogP contribution in [0, 0.1) is 6.92 Å². The molecule has 0 unspecified atom stereocenters. The van der Waals surface area contributed by atoms with Crippen LogP contribution in [0.5, 0.6) is 17.2 Å². The second kappa shape index (κ2) is 10.4. The van der Waals surface area contributed by atoms with Crippen LogP contribution in [0.1, 0.15) is 49.4 Å². The fourth-order valence-electron chi connectivity index (χ4n) is 4.02. The van der Waals surface area contributed by atoms with Crippen LogP contribution in [0.3, 0.4) is 0 Å². The molecule has 0 spiro atoms. The summed E-state index contributed by atoms with van der Waals surface area (Å²) in [6.45, 7) is 8.22. The number of methoxy groups -OCH3 is 2. The van der Waals surface area contributed by atoms with E-state index in [1.54, 1.807) is 30.0 Å². The first-order valence-electron chi connectivity index (χ1n) is 11.0. The van der Waals surface area contributed by atoms with Crippen molar-refractivity contribution < 1.29 is 19.0 Å². The maximum absolute atomic E-state index is 13.4. The van der Waals surface area contributed by atoms with Crippen LogP contribution in [0.4, 0.5) is 5.69 Å². The molecule has 33 heavy (non-hydrogen) atoms. The van der Waals surface area contributed by atoms with Gasteiger partial charge in [-0.2, -0.15) is 5.10 Å². The Labute approximate surface area is 195 Å². The number of rotatable bonds is 9. The summed E-state index contributed by atoms with van der Waals surface area (Å²) in [5.74, 6) is 2.27. The van der Waals surface area contributed by atoms with Gasteiger partial charge in [0.1, 0.15) is 17.2 Å². The number of aromatic nitrogens is 2. The Morgan fingerprint density at radius 1 is 1.03 bits per heavy atom. The highest BCUT2D eigenvalue weighted by Crippen LogP contribution is 2.35. The Balaban J connectivity index is 1.89. The van der Waals surface area contributed by atoms with Gasteiger partial charge in [0.25, 0.3) is 5.91 Å². The zero-order valence-corrected chi connectivity index (χ0v) is 20.5. The van der Waals surface area contributed by atoms with Gasteiger partial charge in [0.05, 0.1) is 32.1 Å². The van der Waals surface area contributed by atoms with E-state index in [0.717, 1.165) is 11.1 Å². The highest BCUT2D eigenvalue weighted by molar-refractivity contribution is 5.95. The third-order valence-electron chi connectivity index (χ3n) is 5.74. The molecule has 7 heteroatoms. The van der Waals surface area contributed by atoms with Gasteiger partial charge in [-0.05, 0) is 61.2 Å². The second-order valence-electron chi connectivity index (χ2n) is 8.38. The van der Waals surface area contributed by atoms with E-state index in [0.29, 0.717) is 28.9 Å². The van der Waals surface area contributed by atoms with Crippen molar-refractivity contribution in [2.45, 2.75) is 39.7 Å². The Bertz CT molecular complexity index is 1110. The summed E-state index contributed by atoms with van der Waals surface area (Å²) < 4.78 is 18.5. The first kappa shape index (κ1) is 24.2. The van der Waals surface area contributed by atoms with Gasteiger partial charge >= 0.3 is 0 Å². The zero-order chi connectivity index (χ0) is 24.1. The molecule has 0 aliphatic heterocycles. The summed E-state index contributed by atoms with van der Waals surface area (Å²) in [4.78, 5) is 15.1. The minimum absolute atomic E-state index is 0.105. The van der Waals surface area contributed by atoms with Crippen LogP contribution in [-0.4, -0.2) is 36.5 Å². The lowest BCUT2D eigenvalue weighted by atomic mass is 9.98. The first-order valence-corrected chi connectivity index (χ1v) is 11.0. The fourth-order valence-corrected chi connectivity index (χ4v) is 4.02. The molecule has 0 fully saturated rings. The third-order valence-corrected chi connectivity index (χ3v) is 5.74. The van der Waals surface area contributed by atoms with Crippen LogP contribution < -0.4 is 19.1 Å². The van der Waals surface area contributed by atoms with E-state index in [4.69, 9.17) is 14.2 Å². The number of amides is 1. The van der Waals surface area contributed by atoms with E-state index in [1.165, 1.54) is 5.56 Å². The Hall–Kier alpha value is -3.48. The molecule has 1 amide bonds. The van der Waals surface area contributed by atoms with Crippen molar-refractivity contribution in [3.8, 4) is 17.2 Å². The van der Waals surface area contributed by atoms with Gasteiger partial charge in [-0.3, -0.25) is 14.4 Å². The molecule has 0 bridgehead atoms. The van der Waals surface area contributed by atoms with Gasteiger partial charge in [0.15, 0.2) is 6.61 Å². The lowest BCUT2D eigenvalue weighted by molar-refractivity contribution is -0.121. The summed E-state index contributed by atoms with van der Waals surface area (Å²) in [7, 11) is 5.04. The molecule has 0 radical (unpaired) electrons. The Kier molecular flexibility index (Phi) is 7.63. The molecule has 0 N–H and O–H groups in total.